The van der Waals surface area contributed by atoms with Gasteiger partial charge in [-0.25, -0.2) is 18.2 Å². The molecule has 32 heavy (non-hydrogen) atoms. The summed E-state index contributed by atoms with van der Waals surface area (Å²) in [5, 5.41) is 6.76. The van der Waals surface area contributed by atoms with Crippen molar-refractivity contribution in [1.82, 2.24) is 14.8 Å². The quantitative estimate of drug-likeness (QED) is 0.543. The first kappa shape index (κ1) is 22.2. The minimum atomic E-state index is -1.18. The van der Waals surface area contributed by atoms with Crippen molar-refractivity contribution in [1.29, 1.82) is 0 Å². The van der Waals surface area contributed by atoms with Gasteiger partial charge in [-0.1, -0.05) is 17.4 Å². The Labute approximate surface area is 185 Å². The van der Waals surface area contributed by atoms with Crippen LogP contribution in [-0.2, 0) is 11.8 Å². The second-order valence-electron chi connectivity index (χ2n) is 7.41. The number of thiazole rings is 1. The molecule has 8 nitrogen and oxygen atoms in total. The molecule has 0 aliphatic carbocycles. The van der Waals surface area contributed by atoms with Gasteiger partial charge in [-0.2, -0.15) is 5.10 Å². The molecule has 2 aromatic heterocycles. The van der Waals surface area contributed by atoms with Crippen molar-refractivity contribution in [3.05, 3.63) is 47.4 Å². The van der Waals surface area contributed by atoms with Crippen molar-refractivity contribution in [2.75, 3.05) is 17.7 Å². The number of carbonyl (C=O) groups is 1. The molecule has 0 saturated carbocycles. The fraction of sp³-hybridized carbons (Fsp3) is 0.350. The number of aromatic nitrogens is 3. The van der Waals surface area contributed by atoms with Crippen LogP contribution in [-0.4, -0.2) is 39.5 Å². The summed E-state index contributed by atoms with van der Waals surface area (Å²) in [4.78, 5) is 16.9. The van der Waals surface area contributed by atoms with Crippen molar-refractivity contribution in [3.8, 4) is 10.6 Å². The van der Waals surface area contributed by atoms with Gasteiger partial charge in [0.25, 0.3) is 5.91 Å². The number of nitrogens with two attached hydrogens (primary N) is 2. The number of aryl methyl sites for hydroxylation is 1. The van der Waals surface area contributed by atoms with E-state index >= 15 is 0 Å². The van der Waals surface area contributed by atoms with Gasteiger partial charge in [0.2, 0.25) is 0 Å². The third kappa shape index (κ3) is 4.20. The number of nitrogen functional groups attached to an aromatic ring is 1. The Kier molecular flexibility index (Phi) is 6.17. The van der Waals surface area contributed by atoms with Crippen LogP contribution in [0.4, 0.5) is 23.9 Å². The molecule has 0 bridgehead atoms. The van der Waals surface area contributed by atoms with E-state index in [0.29, 0.717) is 11.4 Å². The summed E-state index contributed by atoms with van der Waals surface area (Å²) in [5.41, 5.74) is 12.1. The van der Waals surface area contributed by atoms with Crippen LogP contribution in [0.2, 0.25) is 0 Å². The molecular weight excluding hydrogens is 445 g/mol. The first-order chi connectivity index (χ1) is 15.3. The lowest BCUT2D eigenvalue weighted by atomic mass is 10.0. The zero-order valence-corrected chi connectivity index (χ0v) is 17.8. The summed E-state index contributed by atoms with van der Waals surface area (Å²) in [6, 6.07) is 2.71. The minimum absolute atomic E-state index is 0.00129. The van der Waals surface area contributed by atoms with E-state index in [1.807, 2.05) is 0 Å². The van der Waals surface area contributed by atoms with E-state index in [1.54, 1.807) is 7.05 Å². The predicted molar refractivity (Wildman–Crippen MR) is 114 cm³/mol. The Bertz CT molecular complexity index is 1130. The number of hydrogen-bond acceptors (Lipinski definition) is 7. The summed E-state index contributed by atoms with van der Waals surface area (Å²) in [7, 11) is 1.66. The highest BCUT2D eigenvalue weighted by Gasteiger charge is 2.31. The van der Waals surface area contributed by atoms with Crippen LogP contribution in [0, 0.1) is 11.6 Å². The summed E-state index contributed by atoms with van der Waals surface area (Å²) < 4.78 is 49.4. The van der Waals surface area contributed by atoms with Crippen LogP contribution in [0.3, 0.4) is 0 Å². The number of alkyl halides is 1. The maximum atomic E-state index is 14.1. The number of carbonyl (C=O) groups excluding carboxylic acids is 1. The Morgan fingerprint density at radius 2 is 2.06 bits per heavy atom. The van der Waals surface area contributed by atoms with Crippen LogP contribution in [0.25, 0.3) is 10.6 Å². The van der Waals surface area contributed by atoms with E-state index in [0.717, 1.165) is 23.5 Å². The van der Waals surface area contributed by atoms with Crippen LogP contribution in [0.1, 0.15) is 35.1 Å². The van der Waals surface area contributed by atoms with Crippen molar-refractivity contribution in [3.63, 3.8) is 0 Å². The van der Waals surface area contributed by atoms with Gasteiger partial charge in [0, 0.05) is 19.5 Å². The number of anilines is 2. The van der Waals surface area contributed by atoms with Crippen LogP contribution in [0.5, 0.6) is 0 Å². The molecular formula is C20H21F3N6O2S. The van der Waals surface area contributed by atoms with E-state index < -0.39 is 35.9 Å². The monoisotopic (exact) mass is 466 g/mol. The molecule has 1 unspecified atom stereocenters. The molecule has 1 aliphatic heterocycles. The molecule has 12 heteroatoms. The molecule has 1 aromatic carbocycles. The van der Waals surface area contributed by atoms with Gasteiger partial charge in [-0.05, 0) is 18.6 Å². The standard InChI is InChI=1S/C20H21F3N6O2S/c1-29-17(14-7-12(24)9(21)5-6-31-14)13(8-26-29)27-19(30)16-18(25)32-20(28-16)15-10(22)3-2-4-11(15)23/h2-4,8-9,12,14H,5-7,24-25H2,1H3,(H,27,30)/t9-,12-,14?/m0/s1. The molecule has 0 spiro atoms. The summed E-state index contributed by atoms with van der Waals surface area (Å²) >= 11 is 0.798. The van der Waals surface area contributed by atoms with Crippen LogP contribution < -0.4 is 16.8 Å². The highest BCUT2D eigenvalue weighted by atomic mass is 32.1. The average molecular weight is 466 g/mol. The molecule has 5 N–H and O–H groups in total. The van der Waals surface area contributed by atoms with Crippen molar-refractivity contribution < 1.29 is 22.7 Å². The fourth-order valence-corrected chi connectivity index (χ4v) is 4.48. The number of ether oxygens (including phenoxy) is 1. The maximum Gasteiger partial charge on any atom is 0.277 e. The SMILES string of the molecule is Cn1ncc(NC(=O)c2nc(-c3c(F)cccc3F)sc2N)c1C1C[C@H](N)[C@@H](F)CCO1. The minimum Gasteiger partial charge on any atom is -0.389 e. The van der Waals surface area contributed by atoms with Crippen molar-refractivity contribution >= 4 is 27.9 Å². The van der Waals surface area contributed by atoms with Gasteiger partial charge in [0.15, 0.2) is 5.69 Å². The lowest BCUT2D eigenvalue weighted by Crippen LogP contribution is -2.32. The number of amides is 1. The first-order valence-electron chi connectivity index (χ1n) is 9.81. The lowest BCUT2D eigenvalue weighted by Gasteiger charge is -2.20. The molecule has 1 fully saturated rings. The molecule has 1 aliphatic rings. The maximum absolute atomic E-state index is 14.1. The van der Waals surface area contributed by atoms with Crippen molar-refractivity contribution in [2.45, 2.75) is 31.2 Å². The second-order valence-corrected chi connectivity index (χ2v) is 8.44. The van der Waals surface area contributed by atoms with Gasteiger partial charge in [0.1, 0.15) is 33.9 Å². The van der Waals surface area contributed by atoms with E-state index in [2.05, 4.69) is 15.4 Å². The molecule has 3 atom stereocenters. The summed E-state index contributed by atoms with van der Waals surface area (Å²) in [5.74, 6) is -2.31. The number of nitrogens with one attached hydrogen (secondary N) is 1. The molecule has 3 heterocycles. The zero-order valence-electron chi connectivity index (χ0n) is 17.0. The Morgan fingerprint density at radius 1 is 1.34 bits per heavy atom. The van der Waals surface area contributed by atoms with Crippen molar-refractivity contribution in [2.24, 2.45) is 12.8 Å². The normalized spacial score (nSPS) is 21.3. The van der Waals surface area contributed by atoms with Gasteiger partial charge in [-0.3, -0.25) is 9.48 Å². The fourth-order valence-electron chi connectivity index (χ4n) is 3.60. The number of nitrogens with zero attached hydrogens (tertiary/aromatic N) is 3. The first-order valence-corrected chi connectivity index (χ1v) is 10.6. The Hall–Kier alpha value is -2.96. The Balaban J connectivity index is 1.60. The van der Waals surface area contributed by atoms with Gasteiger partial charge in [0.05, 0.1) is 29.7 Å². The van der Waals surface area contributed by atoms with Crippen LogP contribution >= 0.6 is 11.3 Å². The Morgan fingerprint density at radius 3 is 2.78 bits per heavy atom. The van der Waals surface area contributed by atoms with Gasteiger partial charge < -0.3 is 21.5 Å². The molecule has 4 rings (SSSR count). The van der Waals surface area contributed by atoms with Gasteiger partial charge in [-0.15, -0.1) is 0 Å². The smallest absolute Gasteiger partial charge is 0.277 e. The molecule has 0 radical (unpaired) electrons. The van der Waals surface area contributed by atoms with E-state index in [1.165, 1.54) is 16.9 Å². The zero-order chi connectivity index (χ0) is 23.0. The van der Waals surface area contributed by atoms with Crippen LogP contribution in [0.15, 0.2) is 24.4 Å². The third-order valence-electron chi connectivity index (χ3n) is 5.25. The van der Waals surface area contributed by atoms with E-state index in [4.69, 9.17) is 16.2 Å². The number of hydrogen-bond donors (Lipinski definition) is 3. The second kappa shape index (κ2) is 8.88. The predicted octanol–water partition coefficient (Wildman–Crippen LogP) is 3.17. The molecule has 1 saturated heterocycles. The lowest BCUT2D eigenvalue weighted by molar-refractivity contribution is 0.0509. The van der Waals surface area contributed by atoms with E-state index in [9.17, 15) is 18.0 Å². The van der Waals surface area contributed by atoms with E-state index in [-0.39, 0.29) is 40.7 Å². The molecule has 170 valence electrons. The number of benzene rings is 1. The highest BCUT2D eigenvalue weighted by Crippen LogP contribution is 2.35. The van der Waals surface area contributed by atoms with Gasteiger partial charge >= 0.3 is 0 Å². The highest BCUT2D eigenvalue weighted by molar-refractivity contribution is 7.19. The summed E-state index contributed by atoms with van der Waals surface area (Å²) in [6.07, 6.45) is 0.0451. The summed E-state index contributed by atoms with van der Waals surface area (Å²) in [6.45, 7) is 0.175. The molecule has 1 amide bonds. The average Bonchev–Trinajstić information content (AvgIpc) is 3.24. The topological polar surface area (TPSA) is 121 Å². The number of halogens is 3. The number of rotatable bonds is 4. The largest absolute Gasteiger partial charge is 0.389 e. The third-order valence-corrected chi connectivity index (χ3v) is 6.15. The molecule has 3 aromatic rings.